The predicted octanol–water partition coefficient (Wildman–Crippen LogP) is 2.84. The van der Waals surface area contributed by atoms with Crippen LogP contribution in [0.15, 0.2) is 53.3 Å². The zero-order valence-electron chi connectivity index (χ0n) is 13.9. The van der Waals surface area contributed by atoms with Crippen LogP contribution in [-0.4, -0.2) is 30.7 Å². The van der Waals surface area contributed by atoms with Crippen molar-refractivity contribution in [1.29, 1.82) is 0 Å². The van der Waals surface area contributed by atoms with Gasteiger partial charge in [-0.25, -0.2) is 9.18 Å². The highest BCUT2D eigenvalue weighted by atomic mass is 35.5. The molecule has 0 unspecified atom stereocenters. The average molecular weight is 374 g/mol. The van der Waals surface area contributed by atoms with Crippen LogP contribution in [0.1, 0.15) is 18.4 Å². The van der Waals surface area contributed by atoms with Crippen molar-refractivity contribution in [3.8, 4) is 5.69 Å². The molecule has 8 heteroatoms. The van der Waals surface area contributed by atoms with Gasteiger partial charge in [0.2, 0.25) is 0 Å². The maximum absolute atomic E-state index is 13.1. The molecule has 26 heavy (non-hydrogen) atoms. The lowest BCUT2D eigenvalue weighted by atomic mass is 10.2. The molecule has 6 nitrogen and oxygen atoms in total. The van der Waals surface area contributed by atoms with Crippen LogP contribution >= 0.6 is 11.6 Å². The van der Waals surface area contributed by atoms with Gasteiger partial charge in [0.1, 0.15) is 12.5 Å². The van der Waals surface area contributed by atoms with E-state index in [1.54, 1.807) is 36.4 Å². The van der Waals surface area contributed by atoms with E-state index >= 15 is 0 Å². The third-order valence-electron chi connectivity index (χ3n) is 4.40. The fraction of sp³-hybridized carbons (Fsp3) is 0.278. The van der Waals surface area contributed by atoms with Crippen LogP contribution in [0.2, 0.25) is 5.02 Å². The van der Waals surface area contributed by atoms with Gasteiger partial charge in [-0.3, -0.25) is 4.90 Å². The Morgan fingerprint density at radius 1 is 1.12 bits per heavy atom. The van der Waals surface area contributed by atoms with E-state index in [0.29, 0.717) is 30.0 Å². The zero-order chi connectivity index (χ0) is 18.1. The fourth-order valence-corrected chi connectivity index (χ4v) is 3.08. The Kier molecular flexibility index (Phi) is 4.57. The van der Waals surface area contributed by atoms with Crippen molar-refractivity contribution in [3.63, 3.8) is 0 Å². The molecule has 1 heterocycles. The van der Waals surface area contributed by atoms with Crippen LogP contribution in [0.5, 0.6) is 0 Å². The summed E-state index contributed by atoms with van der Waals surface area (Å²) in [6.07, 6.45) is 2.16. The summed E-state index contributed by atoms with van der Waals surface area (Å²) < 4.78 is 15.6. The average Bonchev–Trinajstić information content (AvgIpc) is 3.42. The van der Waals surface area contributed by atoms with Crippen LogP contribution < -0.4 is 5.69 Å². The Morgan fingerprint density at radius 2 is 1.85 bits per heavy atom. The largest absolute Gasteiger partial charge is 0.369 e. The second-order valence-electron chi connectivity index (χ2n) is 6.37. The Balaban J connectivity index is 1.56. The Labute approximate surface area is 154 Å². The number of tetrazole rings is 1. The first kappa shape index (κ1) is 16.9. The molecular weight excluding hydrogens is 357 g/mol. The molecule has 0 atom stereocenters. The molecule has 1 aliphatic rings. The molecule has 0 N–H and O–H groups in total. The van der Waals surface area contributed by atoms with Crippen LogP contribution in [0.3, 0.4) is 0 Å². The molecule has 1 aromatic heterocycles. The molecule has 134 valence electrons. The minimum Gasteiger partial charge on any atom is -0.277 e. The van der Waals surface area contributed by atoms with Gasteiger partial charge in [-0.05, 0) is 53.1 Å². The van der Waals surface area contributed by atoms with E-state index in [1.807, 2.05) is 0 Å². The van der Waals surface area contributed by atoms with Crippen molar-refractivity contribution in [1.82, 2.24) is 24.7 Å². The van der Waals surface area contributed by atoms with Crippen molar-refractivity contribution >= 4 is 11.6 Å². The number of aromatic nitrogens is 4. The van der Waals surface area contributed by atoms with E-state index in [9.17, 15) is 9.18 Å². The molecule has 0 saturated heterocycles. The van der Waals surface area contributed by atoms with Gasteiger partial charge < -0.3 is 0 Å². The Bertz CT molecular complexity index is 964. The fourth-order valence-electron chi connectivity index (χ4n) is 2.87. The van der Waals surface area contributed by atoms with Crippen molar-refractivity contribution in [2.45, 2.75) is 32.1 Å². The smallest absolute Gasteiger partial charge is 0.277 e. The predicted molar refractivity (Wildman–Crippen MR) is 95.6 cm³/mol. The lowest BCUT2D eigenvalue weighted by Gasteiger charge is -2.21. The SMILES string of the molecule is O=c1n(CN(Cc2ccc(F)cc2)C2CC2)nnn1-c1ccccc1Cl. The van der Waals surface area contributed by atoms with Gasteiger partial charge in [0, 0.05) is 12.6 Å². The summed E-state index contributed by atoms with van der Waals surface area (Å²) in [5.41, 5.74) is 1.15. The standard InChI is InChI=1S/C18H17ClFN5O/c19-16-3-1-2-4-17(16)25-18(26)24(21-22-25)12-23(15-9-10-15)11-13-5-7-14(20)8-6-13/h1-8,15H,9-12H2. The van der Waals surface area contributed by atoms with Crippen molar-refractivity contribution in [2.24, 2.45) is 0 Å². The molecule has 0 spiro atoms. The summed E-state index contributed by atoms with van der Waals surface area (Å²) in [5, 5.41) is 8.39. The second-order valence-corrected chi connectivity index (χ2v) is 6.78. The molecule has 0 bridgehead atoms. The molecule has 1 fully saturated rings. The first-order valence-electron chi connectivity index (χ1n) is 8.38. The molecule has 4 rings (SSSR count). The number of nitrogens with zero attached hydrogens (tertiary/aromatic N) is 5. The van der Waals surface area contributed by atoms with Crippen molar-refractivity contribution in [3.05, 3.63) is 75.4 Å². The van der Waals surface area contributed by atoms with Crippen LogP contribution in [0.25, 0.3) is 5.69 Å². The highest BCUT2D eigenvalue weighted by Crippen LogP contribution is 2.28. The molecule has 0 aliphatic heterocycles. The lowest BCUT2D eigenvalue weighted by molar-refractivity contribution is 0.183. The zero-order valence-corrected chi connectivity index (χ0v) is 14.7. The minimum absolute atomic E-state index is 0.259. The molecule has 0 radical (unpaired) electrons. The lowest BCUT2D eigenvalue weighted by Crippen LogP contribution is -2.34. The summed E-state index contributed by atoms with van der Waals surface area (Å²) in [6.45, 7) is 0.946. The van der Waals surface area contributed by atoms with Gasteiger partial charge in [0.05, 0.1) is 10.7 Å². The number of hydrogen-bond acceptors (Lipinski definition) is 4. The summed E-state index contributed by atoms with van der Waals surface area (Å²) >= 11 is 6.15. The maximum Gasteiger partial charge on any atom is 0.369 e. The number of benzene rings is 2. The first-order valence-corrected chi connectivity index (χ1v) is 8.76. The van der Waals surface area contributed by atoms with Gasteiger partial charge in [-0.1, -0.05) is 35.9 Å². The second kappa shape index (κ2) is 7.01. The van der Waals surface area contributed by atoms with Crippen molar-refractivity contribution < 1.29 is 4.39 Å². The summed E-state index contributed by atoms with van der Waals surface area (Å²) in [7, 11) is 0. The van der Waals surface area contributed by atoms with E-state index in [-0.39, 0.29) is 11.5 Å². The topological polar surface area (TPSA) is 56.0 Å². The summed E-state index contributed by atoms with van der Waals surface area (Å²) in [6, 6.07) is 13.8. The monoisotopic (exact) mass is 373 g/mol. The third-order valence-corrected chi connectivity index (χ3v) is 4.72. The first-order chi connectivity index (χ1) is 12.6. The Morgan fingerprint density at radius 3 is 2.54 bits per heavy atom. The van der Waals surface area contributed by atoms with E-state index < -0.39 is 0 Å². The molecule has 1 aliphatic carbocycles. The highest BCUT2D eigenvalue weighted by molar-refractivity contribution is 6.32. The van der Waals surface area contributed by atoms with Gasteiger partial charge in [0.25, 0.3) is 0 Å². The van der Waals surface area contributed by atoms with E-state index in [0.717, 1.165) is 18.4 Å². The normalized spacial score (nSPS) is 14.1. The molecule has 0 amide bonds. The van der Waals surface area contributed by atoms with E-state index in [4.69, 9.17) is 11.6 Å². The highest BCUT2D eigenvalue weighted by Gasteiger charge is 2.30. The quantitative estimate of drug-likeness (QED) is 0.666. The van der Waals surface area contributed by atoms with Gasteiger partial charge >= 0.3 is 5.69 Å². The maximum atomic E-state index is 13.1. The number of rotatable bonds is 6. The molecule has 1 saturated carbocycles. The summed E-state index contributed by atoms with van der Waals surface area (Å²) in [5.74, 6) is -0.259. The number of halogens is 2. The van der Waals surface area contributed by atoms with Gasteiger partial charge in [-0.15, -0.1) is 0 Å². The Hall–Kier alpha value is -2.51. The molecular formula is C18H17ClFN5O. The van der Waals surface area contributed by atoms with Crippen LogP contribution in [0.4, 0.5) is 4.39 Å². The third kappa shape index (κ3) is 3.54. The molecule has 2 aromatic carbocycles. The summed E-state index contributed by atoms with van der Waals surface area (Å²) in [4.78, 5) is 14.8. The van der Waals surface area contributed by atoms with E-state index in [2.05, 4.69) is 15.3 Å². The minimum atomic E-state index is -0.345. The van der Waals surface area contributed by atoms with Crippen LogP contribution in [-0.2, 0) is 13.2 Å². The van der Waals surface area contributed by atoms with Crippen LogP contribution in [0, 0.1) is 5.82 Å². The van der Waals surface area contributed by atoms with E-state index in [1.165, 1.54) is 21.5 Å². The van der Waals surface area contributed by atoms with Crippen molar-refractivity contribution in [2.75, 3.05) is 0 Å². The van der Waals surface area contributed by atoms with Gasteiger partial charge in [-0.2, -0.15) is 9.36 Å². The van der Waals surface area contributed by atoms with Gasteiger partial charge in [0.15, 0.2) is 0 Å². The number of para-hydroxylation sites is 1. The number of hydrogen-bond donors (Lipinski definition) is 0. The molecule has 3 aromatic rings.